The highest BCUT2D eigenvalue weighted by Crippen LogP contribution is 2.15. The van der Waals surface area contributed by atoms with Crippen LogP contribution in [0.2, 0.25) is 0 Å². The van der Waals surface area contributed by atoms with Crippen LogP contribution in [0.25, 0.3) is 0 Å². The van der Waals surface area contributed by atoms with Gasteiger partial charge >= 0.3 is 5.97 Å². The Balaban J connectivity index is 0. The van der Waals surface area contributed by atoms with Crippen molar-refractivity contribution < 1.29 is 20.1 Å². The van der Waals surface area contributed by atoms with Gasteiger partial charge in [0.15, 0.2) is 0 Å². The van der Waals surface area contributed by atoms with Gasteiger partial charge in [0.25, 0.3) is 0 Å². The van der Waals surface area contributed by atoms with Gasteiger partial charge in [0.1, 0.15) is 0 Å². The monoisotopic (exact) mass is 614 g/mol. The number of unbranched alkanes of at least 4 members (excludes halogenated alkanes) is 27. The summed E-state index contributed by atoms with van der Waals surface area (Å²) in [6, 6.07) is 0. The maximum absolute atomic E-state index is 10.4. The van der Waals surface area contributed by atoms with E-state index < -0.39 is 5.97 Å². The molecule has 5 nitrogen and oxygen atoms in total. The fourth-order valence-electron chi connectivity index (χ4n) is 5.80. The molecule has 0 saturated heterocycles. The summed E-state index contributed by atoms with van der Waals surface area (Å²) < 4.78 is 0. The van der Waals surface area contributed by atoms with E-state index >= 15 is 0 Å². The number of rotatable bonds is 35. The first kappa shape index (κ1) is 44.5. The number of nitrogens with zero attached hydrogens (tertiary/aromatic N) is 1. The van der Waals surface area contributed by atoms with Gasteiger partial charge in [-0.05, 0) is 19.4 Å². The second kappa shape index (κ2) is 41.4. The Morgan fingerprint density at radius 3 is 0.907 bits per heavy atom. The summed E-state index contributed by atoms with van der Waals surface area (Å²) >= 11 is 0. The smallest absolute Gasteiger partial charge is 0.303 e. The first-order valence-electron chi connectivity index (χ1n) is 19.3. The summed E-state index contributed by atoms with van der Waals surface area (Å²) in [5.74, 6) is -0.651. The summed E-state index contributed by atoms with van der Waals surface area (Å²) in [5.41, 5.74) is 0. The lowest BCUT2D eigenvalue weighted by Gasteiger charge is -2.19. The molecular weight excluding hydrogens is 534 g/mol. The predicted molar refractivity (Wildman–Crippen MR) is 188 cm³/mol. The van der Waals surface area contributed by atoms with Gasteiger partial charge in [0.2, 0.25) is 0 Å². The van der Waals surface area contributed by atoms with E-state index in [0.29, 0.717) is 19.5 Å². The van der Waals surface area contributed by atoms with E-state index in [0.717, 1.165) is 19.4 Å². The maximum Gasteiger partial charge on any atom is 0.303 e. The molecule has 0 atom stereocenters. The van der Waals surface area contributed by atoms with Crippen LogP contribution in [0, 0.1) is 0 Å². The van der Waals surface area contributed by atoms with E-state index in [1.807, 2.05) is 0 Å². The molecule has 0 aromatic rings. The average Bonchev–Trinajstić information content (AvgIpc) is 2.99. The molecule has 43 heavy (non-hydrogen) atoms. The molecule has 0 aromatic carbocycles. The standard InChI is InChI=1S/C22H44O2.C16H35NO2/c1-2-3-4-5-6-7-8-9-10-11-12-13-14-15-16-17-18-19-20-21-22(23)24;1-2-3-4-5-6-7-8-9-10-11-12-17(13-15-18)14-16-19/h2-21H2,1H3,(H,23,24);18-19H,2-16H2,1H3. The summed E-state index contributed by atoms with van der Waals surface area (Å²) in [5, 5.41) is 26.4. The number of carboxylic acids is 1. The molecule has 0 rings (SSSR count). The van der Waals surface area contributed by atoms with Gasteiger partial charge in [-0.15, -0.1) is 0 Å². The number of aliphatic hydroxyl groups is 2. The summed E-state index contributed by atoms with van der Waals surface area (Å²) in [6.07, 6.45) is 39.6. The van der Waals surface area contributed by atoms with Gasteiger partial charge in [-0.25, -0.2) is 0 Å². The van der Waals surface area contributed by atoms with Gasteiger partial charge in [-0.2, -0.15) is 0 Å². The number of carboxylic acid groups (broad SMARTS) is 1. The number of aliphatic carboxylic acids is 1. The fraction of sp³-hybridized carbons (Fsp3) is 0.974. The molecule has 0 radical (unpaired) electrons. The first-order chi connectivity index (χ1) is 21.1. The van der Waals surface area contributed by atoms with Crippen molar-refractivity contribution in [3.63, 3.8) is 0 Å². The Morgan fingerprint density at radius 1 is 0.395 bits per heavy atom. The molecule has 0 aliphatic rings. The zero-order valence-electron chi connectivity index (χ0n) is 29.4. The molecule has 0 amide bonds. The topological polar surface area (TPSA) is 81.0 Å². The molecular formula is C38H79NO4. The predicted octanol–water partition coefficient (Wildman–Crippen LogP) is 11.1. The lowest BCUT2D eigenvalue weighted by molar-refractivity contribution is -0.137. The van der Waals surface area contributed by atoms with Crippen LogP contribution in [-0.4, -0.2) is 59.0 Å². The minimum Gasteiger partial charge on any atom is -0.481 e. The van der Waals surface area contributed by atoms with E-state index in [-0.39, 0.29) is 13.2 Å². The average molecular weight is 614 g/mol. The summed E-state index contributed by atoms with van der Waals surface area (Å²) in [6.45, 7) is 7.32. The van der Waals surface area contributed by atoms with Crippen LogP contribution >= 0.6 is 0 Å². The van der Waals surface area contributed by atoms with Crippen LogP contribution in [0.1, 0.15) is 206 Å². The molecule has 0 saturated carbocycles. The van der Waals surface area contributed by atoms with E-state index in [4.69, 9.17) is 15.3 Å². The van der Waals surface area contributed by atoms with Crippen molar-refractivity contribution >= 4 is 5.97 Å². The summed E-state index contributed by atoms with van der Waals surface area (Å²) in [7, 11) is 0. The van der Waals surface area contributed by atoms with Crippen molar-refractivity contribution in [2.75, 3.05) is 32.8 Å². The largest absolute Gasteiger partial charge is 0.481 e. The lowest BCUT2D eigenvalue weighted by atomic mass is 10.0. The molecule has 0 aliphatic heterocycles. The SMILES string of the molecule is CCCCCCCCCCCCCCCCCCCCCC(=O)O.CCCCCCCCCCCCN(CCO)CCO. The molecule has 0 bridgehead atoms. The van der Waals surface area contributed by atoms with Crippen LogP contribution in [0.3, 0.4) is 0 Å². The molecule has 260 valence electrons. The van der Waals surface area contributed by atoms with E-state index in [1.54, 1.807) is 0 Å². The Labute approximate surface area is 270 Å². The third kappa shape index (κ3) is 43.5. The van der Waals surface area contributed by atoms with Gasteiger partial charge in [-0.3, -0.25) is 9.69 Å². The summed E-state index contributed by atoms with van der Waals surface area (Å²) in [4.78, 5) is 12.5. The van der Waals surface area contributed by atoms with Crippen molar-refractivity contribution in [3.05, 3.63) is 0 Å². The van der Waals surface area contributed by atoms with Crippen LogP contribution in [0.5, 0.6) is 0 Å². The number of hydrogen-bond donors (Lipinski definition) is 3. The molecule has 0 fully saturated rings. The fourth-order valence-corrected chi connectivity index (χ4v) is 5.80. The number of hydrogen-bond acceptors (Lipinski definition) is 4. The van der Waals surface area contributed by atoms with Crippen molar-refractivity contribution in [1.82, 2.24) is 4.90 Å². The van der Waals surface area contributed by atoms with Crippen molar-refractivity contribution in [2.24, 2.45) is 0 Å². The van der Waals surface area contributed by atoms with Gasteiger partial charge in [0, 0.05) is 19.5 Å². The van der Waals surface area contributed by atoms with Crippen LogP contribution < -0.4 is 0 Å². The van der Waals surface area contributed by atoms with E-state index in [2.05, 4.69) is 18.7 Å². The molecule has 0 heterocycles. The molecule has 0 aliphatic carbocycles. The minimum absolute atomic E-state index is 0.192. The van der Waals surface area contributed by atoms with Crippen LogP contribution in [-0.2, 0) is 4.79 Å². The third-order valence-corrected chi connectivity index (χ3v) is 8.65. The van der Waals surface area contributed by atoms with Crippen molar-refractivity contribution in [1.29, 1.82) is 0 Å². The van der Waals surface area contributed by atoms with E-state index in [1.165, 1.54) is 173 Å². The third-order valence-electron chi connectivity index (χ3n) is 8.65. The Morgan fingerprint density at radius 2 is 0.651 bits per heavy atom. The zero-order valence-corrected chi connectivity index (χ0v) is 29.4. The highest BCUT2D eigenvalue weighted by molar-refractivity contribution is 5.66. The molecule has 0 spiro atoms. The van der Waals surface area contributed by atoms with Gasteiger partial charge in [-0.1, -0.05) is 187 Å². The van der Waals surface area contributed by atoms with Gasteiger partial charge in [0.05, 0.1) is 13.2 Å². The first-order valence-corrected chi connectivity index (χ1v) is 19.3. The maximum atomic E-state index is 10.4. The van der Waals surface area contributed by atoms with Crippen LogP contribution in [0.15, 0.2) is 0 Å². The molecule has 0 unspecified atom stereocenters. The quantitative estimate of drug-likeness (QED) is 0.0619. The Kier molecular flexibility index (Phi) is 42.8. The Bertz CT molecular complexity index is 496. The van der Waals surface area contributed by atoms with Crippen LogP contribution in [0.4, 0.5) is 0 Å². The normalized spacial score (nSPS) is 11.2. The van der Waals surface area contributed by atoms with Crippen molar-refractivity contribution in [3.8, 4) is 0 Å². The highest BCUT2D eigenvalue weighted by atomic mass is 16.4. The van der Waals surface area contributed by atoms with Gasteiger partial charge < -0.3 is 15.3 Å². The van der Waals surface area contributed by atoms with E-state index in [9.17, 15) is 4.79 Å². The van der Waals surface area contributed by atoms with Crippen molar-refractivity contribution in [2.45, 2.75) is 206 Å². The molecule has 5 heteroatoms. The zero-order chi connectivity index (χ0) is 31.9. The minimum atomic E-state index is -0.651. The molecule has 3 N–H and O–H groups in total. The Hall–Kier alpha value is -0.650. The number of carbonyl (C=O) groups is 1. The molecule has 0 aromatic heterocycles. The highest BCUT2D eigenvalue weighted by Gasteiger charge is 2.02. The second-order valence-electron chi connectivity index (χ2n) is 13.0. The number of aliphatic hydroxyl groups excluding tert-OH is 2. The second-order valence-corrected chi connectivity index (χ2v) is 13.0. The lowest BCUT2D eigenvalue weighted by Crippen LogP contribution is -2.30.